The monoisotopic (exact) mass is 185 g/mol. The van der Waals surface area contributed by atoms with Gasteiger partial charge < -0.3 is 10.4 Å². The molecule has 0 bridgehead atoms. The Labute approximate surface area is 81.7 Å². The van der Waals surface area contributed by atoms with Crippen molar-refractivity contribution in [2.75, 3.05) is 13.1 Å². The van der Waals surface area contributed by atoms with Crippen molar-refractivity contribution in [1.82, 2.24) is 5.32 Å². The summed E-state index contributed by atoms with van der Waals surface area (Å²) in [5.74, 6) is 0.963. The van der Waals surface area contributed by atoms with Crippen LogP contribution in [0.15, 0.2) is 0 Å². The molecule has 1 fully saturated rings. The smallest absolute Gasteiger partial charge is 0.0606 e. The molecule has 1 saturated heterocycles. The Morgan fingerprint density at radius 3 is 2.85 bits per heavy atom. The predicted molar refractivity (Wildman–Crippen MR) is 55.7 cm³/mol. The van der Waals surface area contributed by atoms with Crippen molar-refractivity contribution < 1.29 is 5.11 Å². The molecule has 0 aromatic rings. The van der Waals surface area contributed by atoms with Gasteiger partial charge in [-0.1, -0.05) is 20.3 Å². The van der Waals surface area contributed by atoms with Crippen LogP contribution in [0.4, 0.5) is 0 Å². The molecule has 1 aliphatic rings. The van der Waals surface area contributed by atoms with E-state index in [0.717, 1.165) is 19.5 Å². The van der Waals surface area contributed by atoms with E-state index in [1.807, 2.05) is 0 Å². The Hall–Kier alpha value is -0.0800. The first-order valence-corrected chi connectivity index (χ1v) is 5.64. The van der Waals surface area contributed by atoms with E-state index in [-0.39, 0.29) is 6.10 Å². The topological polar surface area (TPSA) is 32.3 Å². The summed E-state index contributed by atoms with van der Waals surface area (Å²) in [6.07, 6.45) is 4.66. The second kappa shape index (κ2) is 5.61. The summed E-state index contributed by atoms with van der Waals surface area (Å²) < 4.78 is 0. The van der Waals surface area contributed by atoms with Crippen LogP contribution in [0.1, 0.15) is 39.5 Å². The molecule has 2 N–H and O–H groups in total. The zero-order valence-corrected chi connectivity index (χ0v) is 8.92. The fourth-order valence-electron chi connectivity index (χ4n) is 2.26. The second-order valence-electron chi connectivity index (χ2n) is 4.36. The predicted octanol–water partition coefficient (Wildman–Crippen LogP) is 1.78. The van der Waals surface area contributed by atoms with Crippen LogP contribution in [0.5, 0.6) is 0 Å². The van der Waals surface area contributed by atoms with Crippen molar-refractivity contribution in [2.24, 2.45) is 11.8 Å². The first kappa shape index (κ1) is 11.0. The quantitative estimate of drug-likeness (QED) is 0.700. The molecule has 0 spiro atoms. The first-order chi connectivity index (χ1) is 6.25. The highest BCUT2D eigenvalue weighted by Crippen LogP contribution is 2.22. The molecule has 3 unspecified atom stereocenters. The molecule has 0 amide bonds. The maximum Gasteiger partial charge on any atom is 0.0606 e. The SMILES string of the molecule is CCCC(C)C(O)C1CCCNC1. The molecule has 0 radical (unpaired) electrons. The number of hydrogen-bond donors (Lipinski definition) is 2. The highest BCUT2D eigenvalue weighted by Gasteiger charge is 2.25. The van der Waals surface area contributed by atoms with Crippen LogP contribution in [-0.2, 0) is 0 Å². The number of aliphatic hydroxyl groups excluding tert-OH is 1. The van der Waals surface area contributed by atoms with Crippen molar-refractivity contribution >= 4 is 0 Å². The van der Waals surface area contributed by atoms with Gasteiger partial charge in [0.1, 0.15) is 0 Å². The van der Waals surface area contributed by atoms with Crippen molar-refractivity contribution in [3.63, 3.8) is 0 Å². The van der Waals surface area contributed by atoms with Crippen molar-refractivity contribution in [1.29, 1.82) is 0 Å². The van der Waals surface area contributed by atoms with Gasteiger partial charge in [-0.2, -0.15) is 0 Å². The highest BCUT2D eigenvalue weighted by molar-refractivity contribution is 4.78. The van der Waals surface area contributed by atoms with E-state index in [1.165, 1.54) is 19.3 Å². The van der Waals surface area contributed by atoms with Crippen LogP contribution in [-0.4, -0.2) is 24.3 Å². The Morgan fingerprint density at radius 1 is 1.54 bits per heavy atom. The van der Waals surface area contributed by atoms with Crippen LogP contribution in [0.3, 0.4) is 0 Å². The maximum atomic E-state index is 10.0. The molecule has 0 aliphatic carbocycles. The Balaban J connectivity index is 2.31. The minimum atomic E-state index is -0.0900. The summed E-state index contributed by atoms with van der Waals surface area (Å²) in [7, 11) is 0. The molecule has 78 valence electrons. The van der Waals surface area contributed by atoms with E-state index in [0.29, 0.717) is 11.8 Å². The molecular weight excluding hydrogens is 162 g/mol. The molecule has 0 aromatic heterocycles. The average molecular weight is 185 g/mol. The number of aliphatic hydroxyl groups is 1. The van der Waals surface area contributed by atoms with Crippen LogP contribution < -0.4 is 5.32 Å². The van der Waals surface area contributed by atoms with E-state index in [1.54, 1.807) is 0 Å². The largest absolute Gasteiger partial charge is 0.393 e. The molecule has 1 aliphatic heterocycles. The van der Waals surface area contributed by atoms with Gasteiger partial charge in [0, 0.05) is 6.54 Å². The second-order valence-corrected chi connectivity index (χ2v) is 4.36. The minimum Gasteiger partial charge on any atom is -0.393 e. The van der Waals surface area contributed by atoms with Gasteiger partial charge in [-0.15, -0.1) is 0 Å². The molecular formula is C11H23NO. The minimum absolute atomic E-state index is 0.0900. The van der Waals surface area contributed by atoms with E-state index >= 15 is 0 Å². The van der Waals surface area contributed by atoms with Crippen molar-refractivity contribution in [3.8, 4) is 0 Å². The highest BCUT2D eigenvalue weighted by atomic mass is 16.3. The number of hydrogen-bond acceptors (Lipinski definition) is 2. The molecule has 3 atom stereocenters. The standard InChI is InChI=1S/C11H23NO/c1-3-5-9(2)11(13)10-6-4-7-12-8-10/h9-13H,3-8H2,1-2H3. The summed E-state index contributed by atoms with van der Waals surface area (Å²) in [5.41, 5.74) is 0. The van der Waals surface area contributed by atoms with Gasteiger partial charge in [0.25, 0.3) is 0 Å². The maximum absolute atomic E-state index is 10.0. The summed E-state index contributed by atoms with van der Waals surface area (Å²) >= 11 is 0. The normalized spacial score (nSPS) is 28.4. The third kappa shape index (κ3) is 3.28. The van der Waals surface area contributed by atoms with E-state index in [2.05, 4.69) is 19.2 Å². The van der Waals surface area contributed by atoms with E-state index in [9.17, 15) is 5.11 Å². The van der Waals surface area contributed by atoms with Gasteiger partial charge in [-0.3, -0.25) is 0 Å². The van der Waals surface area contributed by atoms with Crippen LogP contribution in [0.2, 0.25) is 0 Å². The van der Waals surface area contributed by atoms with Crippen LogP contribution in [0.25, 0.3) is 0 Å². The lowest BCUT2D eigenvalue weighted by molar-refractivity contribution is 0.0423. The molecule has 2 nitrogen and oxygen atoms in total. The fraction of sp³-hybridized carbons (Fsp3) is 1.00. The van der Waals surface area contributed by atoms with Gasteiger partial charge in [0.05, 0.1) is 6.10 Å². The average Bonchev–Trinajstić information content (AvgIpc) is 2.18. The number of piperidine rings is 1. The molecule has 0 aromatic carbocycles. The molecule has 13 heavy (non-hydrogen) atoms. The van der Waals surface area contributed by atoms with Gasteiger partial charge in [0.2, 0.25) is 0 Å². The Morgan fingerprint density at radius 2 is 2.31 bits per heavy atom. The summed E-state index contributed by atoms with van der Waals surface area (Å²) in [6, 6.07) is 0. The van der Waals surface area contributed by atoms with Gasteiger partial charge in [0.15, 0.2) is 0 Å². The first-order valence-electron chi connectivity index (χ1n) is 5.64. The van der Waals surface area contributed by atoms with E-state index in [4.69, 9.17) is 0 Å². The van der Waals surface area contributed by atoms with Crippen LogP contribution >= 0.6 is 0 Å². The zero-order chi connectivity index (χ0) is 9.68. The molecule has 1 heterocycles. The molecule has 0 saturated carbocycles. The fourth-order valence-corrected chi connectivity index (χ4v) is 2.26. The Bertz CT molecular complexity index is 132. The lowest BCUT2D eigenvalue weighted by Gasteiger charge is -2.30. The third-order valence-corrected chi connectivity index (χ3v) is 3.15. The van der Waals surface area contributed by atoms with Gasteiger partial charge in [-0.05, 0) is 37.6 Å². The van der Waals surface area contributed by atoms with Gasteiger partial charge in [-0.25, -0.2) is 0 Å². The van der Waals surface area contributed by atoms with Gasteiger partial charge >= 0.3 is 0 Å². The molecule has 1 rings (SSSR count). The lowest BCUT2D eigenvalue weighted by Crippen LogP contribution is -2.39. The third-order valence-electron chi connectivity index (χ3n) is 3.15. The lowest BCUT2D eigenvalue weighted by atomic mass is 9.85. The number of nitrogens with one attached hydrogen (secondary N) is 1. The van der Waals surface area contributed by atoms with Crippen LogP contribution in [0, 0.1) is 11.8 Å². The molecule has 2 heteroatoms. The summed E-state index contributed by atoms with van der Waals surface area (Å²) in [6.45, 7) is 6.49. The number of rotatable bonds is 4. The zero-order valence-electron chi connectivity index (χ0n) is 8.92. The summed E-state index contributed by atoms with van der Waals surface area (Å²) in [4.78, 5) is 0. The van der Waals surface area contributed by atoms with Crippen molar-refractivity contribution in [2.45, 2.75) is 45.6 Å². The summed E-state index contributed by atoms with van der Waals surface area (Å²) in [5, 5.41) is 13.4. The van der Waals surface area contributed by atoms with E-state index < -0.39 is 0 Å². The Kier molecular flexibility index (Phi) is 4.74. The van der Waals surface area contributed by atoms with Crippen molar-refractivity contribution in [3.05, 3.63) is 0 Å².